The molecule has 0 bridgehead atoms. The van der Waals surface area contributed by atoms with Gasteiger partial charge in [0.1, 0.15) is 0 Å². The summed E-state index contributed by atoms with van der Waals surface area (Å²) in [6.07, 6.45) is 4.62. The zero-order chi connectivity index (χ0) is 14.4. The van der Waals surface area contributed by atoms with Crippen LogP contribution < -0.4 is 10.1 Å². The molecule has 1 saturated carbocycles. The van der Waals surface area contributed by atoms with E-state index in [0.717, 1.165) is 50.2 Å². The van der Waals surface area contributed by atoms with E-state index in [1.165, 1.54) is 18.4 Å². The molecular weight excluding hydrogens is 250 g/mol. The molecule has 112 valence electrons. The van der Waals surface area contributed by atoms with Crippen LogP contribution in [-0.2, 0) is 13.0 Å². The molecule has 1 aromatic heterocycles. The average molecular weight is 277 g/mol. The lowest BCUT2D eigenvalue weighted by Crippen LogP contribution is -2.17. The molecule has 0 atom stereocenters. The Morgan fingerprint density at radius 3 is 2.80 bits per heavy atom. The zero-order valence-corrected chi connectivity index (χ0v) is 13.0. The molecule has 0 unspecified atom stereocenters. The molecule has 0 saturated heterocycles. The Hall–Kier alpha value is -1.13. The molecule has 4 nitrogen and oxygen atoms in total. The van der Waals surface area contributed by atoms with Crippen LogP contribution in [0.2, 0.25) is 0 Å². The number of aryl methyl sites for hydroxylation is 1. The average Bonchev–Trinajstić information content (AvgIpc) is 3.25. The highest BCUT2D eigenvalue weighted by Crippen LogP contribution is 2.20. The maximum absolute atomic E-state index is 5.80. The number of aromatic nitrogens is 1. The largest absolute Gasteiger partial charge is 0.478 e. The lowest BCUT2D eigenvalue weighted by atomic mass is 10.2. The standard InChI is InChI=1S/C16H27N3O/c1-4-14-10-13(12-17-15-6-7-15)11-16(18-14)20-9-5-8-19(2)3/h10-11,15,17H,4-9,12H2,1-3H3. The minimum absolute atomic E-state index is 0.730. The topological polar surface area (TPSA) is 37.4 Å². The van der Waals surface area contributed by atoms with Gasteiger partial charge in [0.15, 0.2) is 0 Å². The Bertz CT molecular complexity index is 416. The molecule has 1 aromatic rings. The predicted octanol–water partition coefficient (Wildman–Crippen LogP) is 2.23. The summed E-state index contributed by atoms with van der Waals surface area (Å²) >= 11 is 0. The summed E-state index contributed by atoms with van der Waals surface area (Å²) in [4.78, 5) is 6.72. The van der Waals surface area contributed by atoms with Crippen LogP contribution in [0, 0.1) is 0 Å². The van der Waals surface area contributed by atoms with Crippen molar-refractivity contribution in [1.29, 1.82) is 0 Å². The summed E-state index contributed by atoms with van der Waals surface area (Å²) < 4.78 is 5.80. The van der Waals surface area contributed by atoms with Crippen molar-refractivity contribution in [3.63, 3.8) is 0 Å². The lowest BCUT2D eigenvalue weighted by Gasteiger charge is -2.12. The first-order chi connectivity index (χ1) is 9.67. The van der Waals surface area contributed by atoms with Gasteiger partial charge in [0.25, 0.3) is 0 Å². The third kappa shape index (κ3) is 5.47. The van der Waals surface area contributed by atoms with Gasteiger partial charge >= 0.3 is 0 Å². The zero-order valence-electron chi connectivity index (χ0n) is 13.0. The summed E-state index contributed by atoms with van der Waals surface area (Å²) in [5.41, 5.74) is 2.40. The van der Waals surface area contributed by atoms with Crippen LogP contribution >= 0.6 is 0 Å². The molecule has 0 spiro atoms. The van der Waals surface area contributed by atoms with Crippen molar-refractivity contribution < 1.29 is 4.74 Å². The van der Waals surface area contributed by atoms with E-state index >= 15 is 0 Å². The molecule has 0 amide bonds. The van der Waals surface area contributed by atoms with Crippen LogP contribution in [0.3, 0.4) is 0 Å². The third-order valence-corrected chi connectivity index (χ3v) is 3.45. The van der Waals surface area contributed by atoms with E-state index in [1.54, 1.807) is 0 Å². The second-order valence-electron chi connectivity index (χ2n) is 5.82. The number of rotatable bonds is 9. The maximum atomic E-state index is 5.80. The molecule has 0 aromatic carbocycles. The monoisotopic (exact) mass is 277 g/mol. The van der Waals surface area contributed by atoms with Crippen molar-refractivity contribution in [2.24, 2.45) is 0 Å². The number of ether oxygens (including phenoxy) is 1. The van der Waals surface area contributed by atoms with E-state index in [0.29, 0.717) is 0 Å². The Labute approximate surface area is 122 Å². The smallest absolute Gasteiger partial charge is 0.213 e. The Kier molecular flexibility index (Phi) is 5.80. The highest BCUT2D eigenvalue weighted by atomic mass is 16.5. The highest BCUT2D eigenvalue weighted by Gasteiger charge is 2.20. The predicted molar refractivity (Wildman–Crippen MR) is 82.1 cm³/mol. The quantitative estimate of drug-likeness (QED) is 0.702. The van der Waals surface area contributed by atoms with Gasteiger partial charge in [-0.15, -0.1) is 0 Å². The number of nitrogens with zero attached hydrogens (tertiary/aromatic N) is 2. The second kappa shape index (κ2) is 7.60. The summed E-state index contributed by atoms with van der Waals surface area (Å²) in [6.45, 7) is 4.84. The summed E-state index contributed by atoms with van der Waals surface area (Å²) in [6, 6.07) is 4.99. The summed E-state index contributed by atoms with van der Waals surface area (Å²) in [5, 5.41) is 3.54. The molecule has 0 radical (unpaired) electrons. The van der Waals surface area contributed by atoms with Gasteiger partial charge < -0.3 is 15.0 Å². The molecule has 2 rings (SSSR count). The maximum Gasteiger partial charge on any atom is 0.213 e. The van der Waals surface area contributed by atoms with E-state index in [2.05, 4.69) is 48.4 Å². The van der Waals surface area contributed by atoms with Crippen LogP contribution in [0.1, 0.15) is 37.4 Å². The van der Waals surface area contributed by atoms with Gasteiger partial charge in [0, 0.05) is 30.9 Å². The second-order valence-corrected chi connectivity index (χ2v) is 5.82. The number of hydrogen-bond donors (Lipinski definition) is 1. The van der Waals surface area contributed by atoms with Crippen LogP contribution in [0.15, 0.2) is 12.1 Å². The van der Waals surface area contributed by atoms with E-state index in [1.807, 2.05) is 0 Å². The van der Waals surface area contributed by atoms with Crippen molar-refractivity contribution in [1.82, 2.24) is 15.2 Å². The Balaban J connectivity index is 1.86. The molecule has 0 aliphatic heterocycles. The Morgan fingerprint density at radius 2 is 2.15 bits per heavy atom. The van der Waals surface area contributed by atoms with Gasteiger partial charge in [-0.2, -0.15) is 0 Å². The van der Waals surface area contributed by atoms with E-state index < -0.39 is 0 Å². The van der Waals surface area contributed by atoms with Crippen LogP contribution in [0.4, 0.5) is 0 Å². The van der Waals surface area contributed by atoms with Gasteiger partial charge in [-0.3, -0.25) is 0 Å². The first-order valence-corrected chi connectivity index (χ1v) is 7.68. The molecule has 1 fully saturated rings. The molecule has 4 heteroatoms. The SMILES string of the molecule is CCc1cc(CNC2CC2)cc(OCCCN(C)C)n1. The lowest BCUT2D eigenvalue weighted by molar-refractivity contribution is 0.272. The van der Waals surface area contributed by atoms with E-state index in [9.17, 15) is 0 Å². The van der Waals surface area contributed by atoms with E-state index in [4.69, 9.17) is 4.74 Å². The van der Waals surface area contributed by atoms with Crippen LogP contribution in [-0.4, -0.2) is 43.2 Å². The van der Waals surface area contributed by atoms with Gasteiger partial charge in [0.2, 0.25) is 5.88 Å². The molecule has 1 heterocycles. The fourth-order valence-electron chi connectivity index (χ4n) is 2.08. The number of hydrogen-bond acceptors (Lipinski definition) is 4. The van der Waals surface area contributed by atoms with Gasteiger partial charge in [-0.05, 0) is 51.4 Å². The highest BCUT2D eigenvalue weighted by molar-refractivity contribution is 5.25. The Morgan fingerprint density at radius 1 is 1.35 bits per heavy atom. The first kappa shape index (κ1) is 15.3. The minimum atomic E-state index is 0.730. The van der Waals surface area contributed by atoms with Crippen molar-refractivity contribution in [3.8, 4) is 5.88 Å². The fraction of sp³-hybridized carbons (Fsp3) is 0.688. The van der Waals surface area contributed by atoms with Crippen molar-refractivity contribution in [2.75, 3.05) is 27.2 Å². The van der Waals surface area contributed by atoms with Crippen molar-refractivity contribution >= 4 is 0 Å². The molecule has 1 N–H and O–H groups in total. The van der Waals surface area contributed by atoms with Crippen molar-refractivity contribution in [2.45, 2.75) is 45.2 Å². The third-order valence-electron chi connectivity index (χ3n) is 3.45. The van der Waals surface area contributed by atoms with Gasteiger partial charge in [-0.1, -0.05) is 6.92 Å². The summed E-state index contributed by atoms with van der Waals surface area (Å²) in [5.74, 6) is 0.774. The number of nitrogens with one attached hydrogen (secondary N) is 1. The first-order valence-electron chi connectivity index (χ1n) is 7.68. The number of pyridine rings is 1. The molecule has 20 heavy (non-hydrogen) atoms. The van der Waals surface area contributed by atoms with Crippen LogP contribution in [0.5, 0.6) is 5.88 Å². The molecule has 1 aliphatic carbocycles. The minimum Gasteiger partial charge on any atom is -0.478 e. The van der Waals surface area contributed by atoms with Gasteiger partial charge in [-0.25, -0.2) is 4.98 Å². The van der Waals surface area contributed by atoms with Crippen LogP contribution in [0.25, 0.3) is 0 Å². The summed E-state index contributed by atoms with van der Waals surface area (Å²) in [7, 11) is 4.16. The molecule has 1 aliphatic rings. The molecular formula is C16H27N3O. The van der Waals surface area contributed by atoms with E-state index in [-0.39, 0.29) is 0 Å². The fourth-order valence-corrected chi connectivity index (χ4v) is 2.08. The normalized spacial score (nSPS) is 14.8. The van der Waals surface area contributed by atoms with Gasteiger partial charge in [0.05, 0.1) is 6.61 Å². The van der Waals surface area contributed by atoms with Crippen molar-refractivity contribution in [3.05, 3.63) is 23.4 Å².